The Kier molecular flexibility index (Phi) is 5.30. The SMILES string of the molecule is COc1ccc(C(=O)NCc2cncc(-c3ccsc3)c2)cc1OC. The Morgan fingerprint density at radius 1 is 1.08 bits per heavy atom. The van der Waals surface area contributed by atoms with Gasteiger partial charge in [-0.25, -0.2) is 0 Å². The van der Waals surface area contributed by atoms with E-state index in [1.807, 2.05) is 23.7 Å². The van der Waals surface area contributed by atoms with Crippen LogP contribution in [-0.4, -0.2) is 25.1 Å². The summed E-state index contributed by atoms with van der Waals surface area (Å²) < 4.78 is 10.4. The molecule has 3 rings (SSSR count). The lowest BCUT2D eigenvalue weighted by atomic mass is 10.1. The van der Waals surface area contributed by atoms with Crippen LogP contribution in [0.3, 0.4) is 0 Å². The van der Waals surface area contributed by atoms with Gasteiger partial charge < -0.3 is 14.8 Å². The molecule has 0 atom stereocenters. The van der Waals surface area contributed by atoms with Gasteiger partial charge in [0.1, 0.15) is 0 Å². The highest BCUT2D eigenvalue weighted by molar-refractivity contribution is 7.08. The lowest BCUT2D eigenvalue weighted by molar-refractivity contribution is 0.0950. The van der Waals surface area contributed by atoms with Crippen LogP contribution >= 0.6 is 11.3 Å². The van der Waals surface area contributed by atoms with E-state index in [0.29, 0.717) is 23.6 Å². The van der Waals surface area contributed by atoms with Crippen LogP contribution < -0.4 is 14.8 Å². The fourth-order valence-corrected chi connectivity index (χ4v) is 3.10. The predicted molar refractivity (Wildman–Crippen MR) is 98.3 cm³/mol. The van der Waals surface area contributed by atoms with Crippen molar-refractivity contribution in [2.45, 2.75) is 6.54 Å². The molecule has 3 aromatic rings. The van der Waals surface area contributed by atoms with Crippen LogP contribution in [0.5, 0.6) is 11.5 Å². The van der Waals surface area contributed by atoms with E-state index in [0.717, 1.165) is 16.7 Å². The van der Waals surface area contributed by atoms with Gasteiger partial charge in [0, 0.05) is 30.1 Å². The number of benzene rings is 1. The molecule has 0 unspecified atom stereocenters. The maximum absolute atomic E-state index is 12.4. The van der Waals surface area contributed by atoms with Crippen molar-refractivity contribution in [1.29, 1.82) is 0 Å². The minimum absolute atomic E-state index is 0.179. The molecule has 0 aliphatic carbocycles. The number of hydrogen-bond donors (Lipinski definition) is 1. The summed E-state index contributed by atoms with van der Waals surface area (Å²) >= 11 is 1.64. The largest absolute Gasteiger partial charge is 0.493 e. The molecule has 0 radical (unpaired) electrons. The standard InChI is InChI=1S/C19H18N2O3S/c1-23-17-4-3-14(8-18(17)24-2)19(22)21-10-13-7-16(11-20-9-13)15-5-6-25-12-15/h3-9,11-12H,10H2,1-2H3,(H,21,22). The van der Waals surface area contributed by atoms with Crippen LogP contribution in [0.1, 0.15) is 15.9 Å². The quantitative estimate of drug-likeness (QED) is 0.732. The summed E-state index contributed by atoms with van der Waals surface area (Å²) in [5.74, 6) is 0.935. The number of pyridine rings is 1. The Morgan fingerprint density at radius 2 is 1.92 bits per heavy atom. The van der Waals surface area contributed by atoms with Gasteiger partial charge in [-0.1, -0.05) is 0 Å². The molecule has 1 N–H and O–H groups in total. The van der Waals surface area contributed by atoms with Gasteiger partial charge in [0.15, 0.2) is 11.5 Å². The summed E-state index contributed by atoms with van der Waals surface area (Å²) in [5.41, 5.74) is 3.63. The minimum atomic E-state index is -0.179. The zero-order chi connectivity index (χ0) is 17.6. The molecule has 0 saturated carbocycles. The number of nitrogens with zero attached hydrogens (tertiary/aromatic N) is 1. The molecular formula is C19H18N2O3S. The molecule has 0 bridgehead atoms. The van der Waals surface area contributed by atoms with Crippen molar-refractivity contribution in [1.82, 2.24) is 10.3 Å². The van der Waals surface area contributed by atoms with Crippen LogP contribution in [0.4, 0.5) is 0 Å². The zero-order valence-electron chi connectivity index (χ0n) is 14.0. The van der Waals surface area contributed by atoms with E-state index in [1.54, 1.807) is 50.0 Å². The summed E-state index contributed by atoms with van der Waals surface area (Å²) in [5, 5.41) is 7.00. The predicted octanol–water partition coefficient (Wildman–Crippen LogP) is 3.76. The van der Waals surface area contributed by atoms with Crippen molar-refractivity contribution in [3.8, 4) is 22.6 Å². The smallest absolute Gasteiger partial charge is 0.251 e. The van der Waals surface area contributed by atoms with Gasteiger partial charge in [0.2, 0.25) is 0 Å². The van der Waals surface area contributed by atoms with Crippen LogP contribution in [0.25, 0.3) is 11.1 Å². The Bertz CT molecular complexity index is 863. The monoisotopic (exact) mass is 354 g/mol. The molecule has 0 aliphatic heterocycles. The molecule has 2 heterocycles. The number of methoxy groups -OCH3 is 2. The van der Waals surface area contributed by atoms with E-state index in [9.17, 15) is 4.79 Å². The third-order valence-electron chi connectivity index (χ3n) is 3.75. The van der Waals surface area contributed by atoms with Gasteiger partial charge in [0.05, 0.1) is 14.2 Å². The van der Waals surface area contributed by atoms with Gasteiger partial charge in [-0.15, -0.1) is 0 Å². The molecule has 0 fully saturated rings. The van der Waals surface area contributed by atoms with Crippen LogP contribution in [0, 0.1) is 0 Å². The van der Waals surface area contributed by atoms with Gasteiger partial charge in [-0.05, 0) is 52.2 Å². The van der Waals surface area contributed by atoms with Gasteiger partial charge >= 0.3 is 0 Å². The van der Waals surface area contributed by atoms with Crippen molar-refractivity contribution >= 4 is 17.2 Å². The number of rotatable bonds is 6. The van der Waals surface area contributed by atoms with Crippen LogP contribution in [0.2, 0.25) is 0 Å². The Balaban J connectivity index is 1.69. The molecule has 128 valence electrons. The fraction of sp³-hybridized carbons (Fsp3) is 0.158. The van der Waals surface area contributed by atoms with Gasteiger partial charge in [-0.3, -0.25) is 9.78 Å². The second-order valence-electron chi connectivity index (χ2n) is 5.35. The molecule has 0 aliphatic rings. The third-order valence-corrected chi connectivity index (χ3v) is 4.43. The average Bonchev–Trinajstić information content (AvgIpc) is 3.20. The summed E-state index contributed by atoms with van der Waals surface area (Å²) in [7, 11) is 3.10. The van der Waals surface area contributed by atoms with E-state index in [2.05, 4.69) is 15.7 Å². The number of thiophene rings is 1. The lowest BCUT2D eigenvalue weighted by Gasteiger charge is -2.10. The van der Waals surface area contributed by atoms with Crippen molar-refractivity contribution in [3.05, 3.63) is 64.6 Å². The molecule has 25 heavy (non-hydrogen) atoms. The Labute approximate surface area is 150 Å². The first kappa shape index (κ1) is 17.0. The number of nitrogens with one attached hydrogen (secondary N) is 1. The number of carbonyl (C=O) groups is 1. The number of amides is 1. The maximum Gasteiger partial charge on any atom is 0.251 e. The molecule has 0 spiro atoms. The number of aromatic nitrogens is 1. The van der Waals surface area contributed by atoms with E-state index < -0.39 is 0 Å². The molecule has 0 saturated heterocycles. The summed E-state index contributed by atoms with van der Waals surface area (Å²) in [6.07, 6.45) is 3.58. The Morgan fingerprint density at radius 3 is 2.64 bits per heavy atom. The van der Waals surface area contributed by atoms with E-state index in [-0.39, 0.29) is 5.91 Å². The van der Waals surface area contributed by atoms with Gasteiger partial charge in [0.25, 0.3) is 5.91 Å². The second-order valence-corrected chi connectivity index (χ2v) is 6.13. The van der Waals surface area contributed by atoms with Gasteiger partial charge in [-0.2, -0.15) is 11.3 Å². The highest BCUT2D eigenvalue weighted by Crippen LogP contribution is 2.27. The van der Waals surface area contributed by atoms with Crippen molar-refractivity contribution < 1.29 is 14.3 Å². The second kappa shape index (κ2) is 7.81. The average molecular weight is 354 g/mol. The van der Waals surface area contributed by atoms with E-state index in [4.69, 9.17) is 9.47 Å². The normalized spacial score (nSPS) is 10.3. The minimum Gasteiger partial charge on any atom is -0.493 e. The summed E-state index contributed by atoms with van der Waals surface area (Å²) in [6, 6.07) is 9.16. The van der Waals surface area contributed by atoms with Crippen LogP contribution in [0.15, 0.2) is 53.5 Å². The zero-order valence-corrected chi connectivity index (χ0v) is 14.8. The number of hydrogen-bond acceptors (Lipinski definition) is 5. The number of carbonyl (C=O) groups excluding carboxylic acids is 1. The highest BCUT2D eigenvalue weighted by Gasteiger charge is 2.11. The summed E-state index contributed by atoms with van der Waals surface area (Å²) in [4.78, 5) is 16.6. The number of ether oxygens (including phenoxy) is 2. The van der Waals surface area contributed by atoms with Crippen molar-refractivity contribution in [3.63, 3.8) is 0 Å². The molecule has 1 aromatic carbocycles. The molecule has 6 heteroatoms. The maximum atomic E-state index is 12.4. The molecule has 1 amide bonds. The van der Waals surface area contributed by atoms with Crippen molar-refractivity contribution in [2.24, 2.45) is 0 Å². The van der Waals surface area contributed by atoms with Crippen molar-refractivity contribution in [2.75, 3.05) is 14.2 Å². The van der Waals surface area contributed by atoms with E-state index in [1.165, 1.54) is 0 Å². The first-order valence-corrected chi connectivity index (χ1v) is 8.62. The van der Waals surface area contributed by atoms with Crippen LogP contribution in [-0.2, 0) is 6.54 Å². The summed E-state index contributed by atoms with van der Waals surface area (Å²) in [6.45, 7) is 0.401. The highest BCUT2D eigenvalue weighted by atomic mass is 32.1. The third kappa shape index (κ3) is 3.97. The topological polar surface area (TPSA) is 60.5 Å². The van der Waals surface area contributed by atoms with E-state index >= 15 is 0 Å². The molecule has 2 aromatic heterocycles. The first-order valence-electron chi connectivity index (χ1n) is 7.68. The lowest BCUT2D eigenvalue weighted by Crippen LogP contribution is -2.22. The first-order chi connectivity index (χ1) is 12.2. The molecular weight excluding hydrogens is 336 g/mol. The fourth-order valence-electron chi connectivity index (χ4n) is 2.43. The molecule has 5 nitrogen and oxygen atoms in total. The Hall–Kier alpha value is -2.86.